The monoisotopic (exact) mass is 403 g/mol. The van der Waals surface area contributed by atoms with Crippen molar-refractivity contribution in [3.05, 3.63) is 54.1 Å². The van der Waals surface area contributed by atoms with Crippen molar-refractivity contribution in [2.75, 3.05) is 7.11 Å². The summed E-state index contributed by atoms with van der Waals surface area (Å²) in [6.07, 6.45) is -4.89. The van der Waals surface area contributed by atoms with E-state index in [0.29, 0.717) is 17.1 Å². The van der Waals surface area contributed by atoms with Gasteiger partial charge in [0.2, 0.25) is 0 Å². The number of carbonyl (C=O) groups is 1. The molecule has 0 saturated carbocycles. The lowest BCUT2D eigenvalue weighted by molar-refractivity contribution is -0.274. The average molecular weight is 403 g/mol. The summed E-state index contributed by atoms with van der Waals surface area (Å²) in [5.41, 5.74) is 0.713. The molecule has 0 aliphatic carbocycles. The molecule has 2 aromatic carbocycles. The Morgan fingerprint density at radius 2 is 1.83 bits per heavy atom. The number of alkyl halides is 3. The van der Waals surface area contributed by atoms with E-state index >= 15 is 0 Å². The highest BCUT2D eigenvalue weighted by Gasteiger charge is 2.31. The van der Waals surface area contributed by atoms with Crippen LogP contribution in [0.2, 0.25) is 0 Å². The Balaban J connectivity index is 1.85. The van der Waals surface area contributed by atoms with E-state index < -0.39 is 18.1 Å². The SMILES string of the molecule is COc1ccc2cc(-c3cc(C(=O)O)c4cc(OC(F)(F)F)ccc4n3)oc2c1. The predicted molar refractivity (Wildman–Crippen MR) is 97.1 cm³/mol. The summed E-state index contributed by atoms with van der Waals surface area (Å²) in [7, 11) is 1.52. The highest BCUT2D eigenvalue weighted by Crippen LogP contribution is 2.33. The fourth-order valence-electron chi connectivity index (χ4n) is 2.97. The lowest BCUT2D eigenvalue weighted by Gasteiger charge is -2.11. The number of fused-ring (bicyclic) bond motifs is 2. The van der Waals surface area contributed by atoms with Gasteiger partial charge in [0, 0.05) is 16.8 Å². The standard InChI is InChI=1S/C20H12F3NO5/c1-27-11-3-2-10-6-18(28-17(10)8-11)16-9-14(19(25)26)13-7-12(29-20(21,22)23)4-5-15(13)24-16/h2-9H,1H3,(H,25,26). The summed E-state index contributed by atoms with van der Waals surface area (Å²) in [6.45, 7) is 0. The number of rotatable bonds is 4. The Labute approximate surface area is 161 Å². The molecule has 0 unspecified atom stereocenters. The molecule has 0 fully saturated rings. The molecule has 6 nitrogen and oxygen atoms in total. The molecule has 0 aliphatic rings. The zero-order valence-corrected chi connectivity index (χ0v) is 14.8. The number of pyridine rings is 1. The average Bonchev–Trinajstić information content (AvgIpc) is 3.08. The van der Waals surface area contributed by atoms with Crippen LogP contribution in [0.25, 0.3) is 33.3 Å². The van der Waals surface area contributed by atoms with Crippen molar-refractivity contribution >= 4 is 27.8 Å². The second-order valence-corrected chi connectivity index (χ2v) is 6.10. The van der Waals surface area contributed by atoms with Crippen molar-refractivity contribution in [1.29, 1.82) is 0 Å². The molecule has 2 aromatic heterocycles. The fraction of sp³-hybridized carbons (Fsp3) is 0.100. The van der Waals surface area contributed by atoms with Crippen LogP contribution in [-0.2, 0) is 0 Å². The third-order valence-electron chi connectivity index (χ3n) is 4.22. The van der Waals surface area contributed by atoms with E-state index in [1.54, 1.807) is 24.3 Å². The smallest absolute Gasteiger partial charge is 0.497 e. The molecule has 29 heavy (non-hydrogen) atoms. The molecule has 0 bridgehead atoms. The van der Waals surface area contributed by atoms with Crippen LogP contribution in [0.15, 0.2) is 52.9 Å². The van der Waals surface area contributed by atoms with Gasteiger partial charge in [0.05, 0.1) is 18.2 Å². The van der Waals surface area contributed by atoms with Crippen molar-refractivity contribution < 1.29 is 37.0 Å². The molecule has 0 saturated heterocycles. The third-order valence-corrected chi connectivity index (χ3v) is 4.22. The first-order valence-corrected chi connectivity index (χ1v) is 8.25. The van der Waals surface area contributed by atoms with Gasteiger partial charge in [0.25, 0.3) is 0 Å². The number of ether oxygens (including phenoxy) is 2. The van der Waals surface area contributed by atoms with Crippen molar-refractivity contribution in [1.82, 2.24) is 4.98 Å². The maximum atomic E-state index is 12.5. The number of aromatic carboxylic acids is 1. The number of methoxy groups -OCH3 is 1. The molecule has 9 heteroatoms. The normalized spacial score (nSPS) is 11.7. The van der Waals surface area contributed by atoms with Gasteiger partial charge in [-0.3, -0.25) is 0 Å². The maximum absolute atomic E-state index is 12.5. The van der Waals surface area contributed by atoms with Gasteiger partial charge in [-0.2, -0.15) is 0 Å². The van der Waals surface area contributed by atoms with Crippen LogP contribution in [0.4, 0.5) is 13.2 Å². The van der Waals surface area contributed by atoms with Gasteiger partial charge in [0.1, 0.15) is 22.8 Å². The van der Waals surface area contributed by atoms with Crippen LogP contribution < -0.4 is 9.47 Å². The van der Waals surface area contributed by atoms with Gasteiger partial charge >= 0.3 is 12.3 Å². The molecule has 1 N–H and O–H groups in total. The third kappa shape index (κ3) is 3.66. The van der Waals surface area contributed by atoms with Crippen LogP contribution in [0.5, 0.6) is 11.5 Å². The van der Waals surface area contributed by atoms with Crippen molar-refractivity contribution in [3.8, 4) is 23.0 Å². The minimum absolute atomic E-state index is 0.0146. The van der Waals surface area contributed by atoms with E-state index in [1.165, 1.54) is 19.2 Å². The minimum Gasteiger partial charge on any atom is -0.497 e. The summed E-state index contributed by atoms with van der Waals surface area (Å²) in [4.78, 5) is 16.1. The molecular weight excluding hydrogens is 391 g/mol. The Bertz CT molecular complexity index is 1250. The molecule has 2 heterocycles. The van der Waals surface area contributed by atoms with Gasteiger partial charge in [-0.05, 0) is 42.5 Å². The zero-order valence-electron chi connectivity index (χ0n) is 14.8. The fourth-order valence-corrected chi connectivity index (χ4v) is 2.97. The van der Waals surface area contributed by atoms with E-state index in [4.69, 9.17) is 9.15 Å². The second-order valence-electron chi connectivity index (χ2n) is 6.10. The molecule has 0 amide bonds. The molecule has 0 atom stereocenters. The minimum atomic E-state index is -4.89. The van der Waals surface area contributed by atoms with Crippen LogP contribution in [0, 0.1) is 0 Å². The van der Waals surface area contributed by atoms with Crippen LogP contribution >= 0.6 is 0 Å². The zero-order chi connectivity index (χ0) is 20.8. The van der Waals surface area contributed by atoms with Gasteiger partial charge in [-0.25, -0.2) is 9.78 Å². The first kappa shape index (κ1) is 18.6. The van der Waals surface area contributed by atoms with E-state index in [2.05, 4.69) is 9.72 Å². The number of aromatic nitrogens is 1. The van der Waals surface area contributed by atoms with Gasteiger partial charge < -0.3 is 19.0 Å². The molecular formula is C20H12F3NO5. The van der Waals surface area contributed by atoms with Gasteiger partial charge in [-0.15, -0.1) is 13.2 Å². The van der Waals surface area contributed by atoms with Crippen molar-refractivity contribution in [2.45, 2.75) is 6.36 Å². The van der Waals surface area contributed by atoms with Gasteiger partial charge in [0.15, 0.2) is 5.76 Å². The quantitative estimate of drug-likeness (QED) is 0.501. The number of halogens is 3. The number of furan rings is 1. The Morgan fingerprint density at radius 3 is 2.52 bits per heavy atom. The summed E-state index contributed by atoms with van der Waals surface area (Å²) in [5, 5.41) is 10.3. The number of benzene rings is 2. The summed E-state index contributed by atoms with van der Waals surface area (Å²) in [5.74, 6) is -0.944. The number of hydrogen-bond acceptors (Lipinski definition) is 5. The van der Waals surface area contributed by atoms with E-state index in [9.17, 15) is 23.1 Å². The first-order valence-electron chi connectivity index (χ1n) is 8.25. The highest BCUT2D eigenvalue weighted by atomic mass is 19.4. The Kier molecular flexibility index (Phi) is 4.30. The van der Waals surface area contributed by atoms with Crippen LogP contribution in [0.1, 0.15) is 10.4 Å². The number of carboxylic acids is 1. The number of nitrogens with zero attached hydrogens (tertiary/aromatic N) is 1. The molecule has 0 radical (unpaired) electrons. The molecule has 0 aliphatic heterocycles. The number of carboxylic acid groups (broad SMARTS) is 1. The molecule has 4 aromatic rings. The highest BCUT2D eigenvalue weighted by molar-refractivity contribution is 6.04. The van der Waals surface area contributed by atoms with Crippen molar-refractivity contribution in [2.24, 2.45) is 0 Å². The molecule has 148 valence electrons. The van der Waals surface area contributed by atoms with E-state index in [-0.39, 0.29) is 22.2 Å². The summed E-state index contributed by atoms with van der Waals surface area (Å²) in [6, 6.07) is 11.5. The number of hydrogen-bond donors (Lipinski definition) is 1. The maximum Gasteiger partial charge on any atom is 0.573 e. The Morgan fingerprint density at radius 1 is 1.07 bits per heavy atom. The van der Waals surface area contributed by atoms with Crippen LogP contribution in [0.3, 0.4) is 0 Å². The summed E-state index contributed by atoms with van der Waals surface area (Å²) >= 11 is 0. The molecule has 4 rings (SSSR count). The molecule has 0 spiro atoms. The summed E-state index contributed by atoms with van der Waals surface area (Å²) < 4.78 is 52.2. The predicted octanol–water partition coefficient (Wildman–Crippen LogP) is 5.25. The lowest BCUT2D eigenvalue weighted by Crippen LogP contribution is -2.17. The second kappa shape index (κ2) is 6.69. The van der Waals surface area contributed by atoms with Crippen LogP contribution in [-0.4, -0.2) is 29.5 Å². The van der Waals surface area contributed by atoms with Crippen molar-refractivity contribution in [3.63, 3.8) is 0 Å². The topological polar surface area (TPSA) is 81.8 Å². The Hall–Kier alpha value is -3.75. The van der Waals surface area contributed by atoms with Gasteiger partial charge in [-0.1, -0.05) is 0 Å². The first-order chi connectivity index (χ1) is 13.7. The van der Waals surface area contributed by atoms with E-state index in [0.717, 1.165) is 17.5 Å². The van der Waals surface area contributed by atoms with E-state index in [1.807, 2.05) is 0 Å². The lowest BCUT2D eigenvalue weighted by atomic mass is 10.1. The largest absolute Gasteiger partial charge is 0.573 e.